The minimum Gasteiger partial charge on any atom is -0.0996 e. The second-order valence-corrected chi connectivity index (χ2v) is 8.42. The fourth-order valence-corrected chi connectivity index (χ4v) is 5.03. The van der Waals surface area contributed by atoms with Gasteiger partial charge < -0.3 is 0 Å². The lowest BCUT2D eigenvalue weighted by Crippen LogP contribution is -2.15. The van der Waals surface area contributed by atoms with Crippen molar-refractivity contribution in [2.45, 2.75) is 103 Å². The summed E-state index contributed by atoms with van der Waals surface area (Å²) in [6, 6.07) is 0. The van der Waals surface area contributed by atoms with E-state index < -0.39 is 0 Å². The molecule has 0 aromatic heterocycles. The molecule has 0 amide bonds. The van der Waals surface area contributed by atoms with Gasteiger partial charge in [-0.1, -0.05) is 76.0 Å². The molecule has 0 spiro atoms. The van der Waals surface area contributed by atoms with Crippen LogP contribution in [0.25, 0.3) is 0 Å². The second-order valence-electron chi connectivity index (χ2n) is 8.42. The third kappa shape index (κ3) is 5.33. The number of hydrogen-bond acceptors (Lipinski definition) is 0. The van der Waals surface area contributed by atoms with E-state index in [9.17, 15) is 0 Å². The molecule has 3 fully saturated rings. The van der Waals surface area contributed by atoms with Crippen LogP contribution in [0.3, 0.4) is 0 Å². The van der Waals surface area contributed by atoms with Crippen LogP contribution in [0.2, 0.25) is 0 Å². The van der Waals surface area contributed by atoms with Gasteiger partial charge in [-0.15, -0.1) is 0 Å². The molecule has 0 N–H and O–H groups in total. The van der Waals surface area contributed by atoms with E-state index in [-0.39, 0.29) is 0 Å². The van der Waals surface area contributed by atoms with Gasteiger partial charge in [0.2, 0.25) is 0 Å². The van der Waals surface area contributed by atoms with Crippen LogP contribution in [0, 0.1) is 35.5 Å². The summed E-state index contributed by atoms with van der Waals surface area (Å²) >= 11 is 0. The Balaban J connectivity index is 1.32. The average molecular weight is 301 g/mol. The van der Waals surface area contributed by atoms with Crippen LogP contribution < -0.4 is 0 Å². The molecule has 0 heterocycles. The van der Waals surface area contributed by atoms with E-state index in [2.05, 4.69) is 11.8 Å². The molecular formula is C22H36. The zero-order valence-corrected chi connectivity index (χ0v) is 14.6. The van der Waals surface area contributed by atoms with Gasteiger partial charge in [-0.3, -0.25) is 0 Å². The van der Waals surface area contributed by atoms with Crippen LogP contribution in [-0.4, -0.2) is 0 Å². The maximum atomic E-state index is 3.67. The highest BCUT2D eigenvalue weighted by molar-refractivity contribution is 5.08. The zero-order valence-electron chi connectivity index (χ0n) is 14.6. The Kier molecular flexibility index (Phi) is 6.72. The predicted molar refractivity (Wildman–Crippen MR) is 95.6 cm³/mol. The van der Waals surface area contributed by atoms with Crippen molar-refractivity contribution in [3.63, 3.8) is 0 Å². The molecule has 0 bridgehead atoms. The maximum absolute atomic E-state index is 3.67. The van der Waals surface area contributed by atoms with E-state index >= 15 is 0 Å². The molecule has 0 radical (unpaired) electrons. The van der Waals surface area contributed by atoms with E-state index in [1.807, 2.05) is 0 Å². The Hall–Kier alpha value is -0.440. The molecule has 0 aliphatic heterocycles. The molecule has 3 rings (SSSR count). The topological polar surface area (TPSA) is 0 Å². The molecule has 124 valence electrons. The Morgan fingerprint density at radius 3 is 1.50 bits per heavy atom. The minimum absolute atomic E-state index is 0.743. The van der Waals surface area contributed by atoms with Crippen molar-refractivity contribution in [1.82, 2.24) is 0 Å². The first-order valence-electron chi connectivity index (χ1n) is 10.4. The smallest absolute Gasteiger partial charge is 0.0203 e. The van der Waals surface area contributed by atoms with Gasteiger partial charge in [0.1, 0.15) is 0 Å². The lowest BCUT2D eigenvalue weighted by molar-refractivity contribution is 0.256. The van der Waals surface area contributed by atoms with E-state index in [4.69, 9.17) is 0 Å². The largest absolute Gasteiger partial charge is 0.0996 e. The highest BCUT2D eigenvalue weighted by atomic mass is 14.3. The first kappa shape index (κ1) is 16.4. The minimum atomic E-state index is 0.743. The molecular weight excluding hydrogens is 264 g/mol. The van der Waals surface area contributed by atoms with Crippen molar-refractivity contribution < 1.29 is 0 Å². The van der Waals surface area contributed by atoms with Gasteiger partial charge in [-0.25, -0.2) is 0 Å². The first-order chi connectivity index (χ1) is 10.9. The summed E-state index contributed by atoms with van der Waals surface area (Å²) < 4.78 is 0. The molecule has 0 atom stereocenters. The summed E-state index contributed by atoms with van der Waals surface area (Å²) in [5.41, 5.74) is 0. The molecule has 3 saturated carbocycles. The third-order valence-electron chi connectivity index (χ3n) is 6.65. The van der Waals surface area contributed by atoms with Crippen LogP contribution in [0.5, 0.6) is 0 Å². The van der Waals surface area contributed by atoms with Gasteiger partial charge in [-0.2, -0.15) is 0 Å². The molecule has 0 aromatic rings. The van der Waals surface area contributed by atoms with Crippen molar-refractivity contribution in [2.75, 3.05) is 0 Å². The van der Waals surface area contributed by atoms with Crippen molar-refractivity contribution in [1.29, 1.82) is 0 Å². The quantitative estimate of drug-likeness (QED) is 0.506. The van der Waals surface area contributed by atoms with Crippen LogP contribution in [0.4, 0.5) is 0 Å². The van der Waals surface area contributed by atoms with Crippen molar-refractivity contribution in [2.24, 2.45) is 23.7 Å². The van der Waals surface area contributed by atoms with Gasteiger partial charge in [-0.05, 0) is 50.4 Å². The Morgan fingerprint density at radius 2 is 0.909 bits per heavy atom. The Labute approximate surface area is 138 Å². The van der Waals surface area contributed by atoms with E-state index in [0.717, 1.165) is 23.7 Å². The van der Waals surface area contributed by atoms with Crippen LogP contribution in [-0.2, 0) is 0 Å². The lowest BCUT2D eigenvalue weighted by atomic mass is 9.77. The van der Waals surface area contributed by atoms with Crippen molar-refractivity contribution >= 4 is 0 Å². The molecule has 3 aliphatic carbocycles. The summed E-state index contributed by atoms with van der Waals surface area (Å²) in [7, 11) is 0. The summed E-state index contributed by atoms with van der Waals surface area (Å²) in [6.45, 7) is 0. The monoisotopic (exact) mass is 300 g/mol. The number of hydrogen-bond donors (Lipinski definition) is 0. The van der Waals surface area contributed by atoms with Gasteiger partial charge in [0, 0.05) is 11.8 Å². The predicted octanol–water partition coefficient (Wildman–Crippen LogP) is 6.74. The molecule has 0 heteroatoms. The van der Waals surface area contributed by atoms with Crippen LogP contribution in [0.1, 0.15) is 103 Å². The highest BCUT2D eigenvalue weighted by Gasteiger charge is 2.22. The zero-order chi connectivity index (χ0) is 15.0. The van der Waals surface area contributed by atoms with Gasteiger partial charge >= 0.3 is 0 Å². The first-order valence-corrected chi connectivity index (χ1v) is 10.4. The normalized spacial score (nSPS) is 31.5. The molecule has 0 unspecified atom stereocenters. The number of rotatable bonds is 3. The van der Waals surface area contributed by atoms with Gasteiger partial charge in [0.15, 0.2) is 0 Å². The lowest BCUT2D eigenvalue weighted by Gasteiger charge is -2.28. The van der Waals surface area contributed by atoms with Crippen LogP contribution >= 0.6 is 0 Å². The molecule has 0 saturated heterocycles. The summed E-state index contributed by atoms with van der Waals surface area (Å²) in [5, 5.41) is 0. The Bertz CT molecular complexity index is 351. The molecule has 0 aromatic carbocycles. The van der Waals surface area contributed by atoms with Crippen molar-refractivity contribution in [3.05, 3.63) is 0 Å². The van der Waals surface area contributed by atoms with E-state index in [0.29, 0.717) is 0 Å². The van der Waals surface area contributed by atoms with Crippen molar-refractivity contribution in [3.8, 4) is 11.8 Å². The average Bonchev–Trinajstić information content (AvgIpc) is 2.61. The SMILES string of the molecule is C(#CC1CCC(CCC2CCCCC2)CC1)C1CCCCC1. The summed E-state index contributed by atoms with van der Waals surface area (Å²) in [6.07, 6.45) is 23.4. The standard InChI is InChI=1S/C22H36/c1-3-7-19(8-4-1)11-13-21-15-17-22(18-16-21)14-12-20-9-5-2-6-10-20/h19-22H,1-11,13,15-18H2. The van der Waals surface area contributed by atoms with Gasteiger partial charge in [0.05, 0.1) is 0 Å². The van der Waals surface area contributed by atoms with E-state index in [1.54, 1.807) is 0 Å². The second kappa shape index (κ2) is 9.00. The van der Waals surface area contributed by atoms with Gasteiger partial charge in [0.25, 0.3) is 0 Å². The molecule has 3 aliphatic rings. The fraction of sp³-hybridized carbons (Fsp3) is 0.909. The maximum Gasteiger partial charge on any atom is 0.0203 e. The highest BCUT2D eigenvalue weighted by Crippen LogP contribution is 2.35. The van der Waals surface area contributed by atoms with E-state index in [1.165, 1.54) is 103 Å². The Morgan fingerprint density at radius 1 is 0.455 bits per heavy atom. The summed E-state index contributed by atoms with van der Waals surface area (Å²) in [4.78, 5) is 0. The fourth-order valence-electron chi connectivity index (χ4n) is 5.03. The molecule has 22 heavy (non-hydrogen) atoms. The summed E-state index contributed by atoms with van der Waals surface area (Å²) in [5.74, 6) is 10.9. The molecule has 0 nitrogen and oxygen atoms in total. The van der Waals surface area contributed by atoms with Crippen LogP contribution in [0.15, 0.2) is 0 Å². The third-order valence-corrected chi connectivity index (χ3v) is 6.65.